The molecule has 0 spiro atoms. The summed E-state index contributed by atoms with van der Waals surface area (Å²) in [6.07, 6.45) is 1.99. The van der Waals surface area contributed by atoms with Gasteiger partial charge in [-0.05, 0) is 64.2 Å². The average Bonchev–Trinajstić information content (AvgIpc) is 2.75. The molecule has 2 atom stereocenters. The quantitative estimate of drug-likeness (QED) is 0.498. The summed E-state index contributed by atoms with van der Waals surface area (Å²) in [6, 6.07) is 5.16. The van der Waals surface area contributed by atoms with Gasteiger partial charge in [0.25, 0.3) is 0 Å². The summed E-state index contributed by atoms with van der Waals surface area (Å²) in [4.78, 5) is 38.8. The van der Waals surface area contributed by atoms with E-state index in [1.54, 1.807) is 17.0 Å². The van der Waals surface area contributed by atoms with Crippen LogP contribution in [-0.2, 0) is 25.4 Å². The molecule has 1 aromatic carbocycles. The van der Waals surface area contributed by atoms with Crippen molar-refractivity contribution in [2.24, 2.45) is 5.92 Å². The summed E-state index contributed by atoms with van der Waals surface area (Å²) in [7, 11) is 4.22. The van der Waals surface area contributed by atoms with Gasteiger partial charge in [0.2, 0.25) is 0 Å². The highest BCUT2D eigenvalue weighted by molar-refractivity contribution is 5.91. The van der Waals surface area contributed by atoms with Crippen molar-refractivity contribution in [2.45, 2.75) is 58.1 Å². The summed E-state index contributed by atoms with van der Waals surface area (Å²) in [5.41, 5.74) is 0.606. The third kappa shape index (κ3) is 6.60. The van der Waals surface area contributed by atoms with Crippen LogP contribution in [0.3, 0.4) is 0 Å². The van der Waals surface area contributed by atoms with Crippen LogP contribution in [-0.4, -0.2) is 62.4 Å². The summed E-state index contributed by atoms with van der Waals surface area (Å²) < 4.78 is 20.6. The first-order chi connectivity index (χ1) is 14.6. The predicted octanol–water partition coefficient (Wildman–Crippen LogP) is 3.60. The van der Waals surface area contributed by atoms with Crippen LogP contribution in [0.4, 0.5) is 4.79 Å². The van der Waals surface area contributed by atoms with E-state index in [1.807, 2.05) is 26.8 Å². The van der Waals surface area contributed by atoms with Crippen LogP contribution in [0, 0.1) is 5.92 Å². The Morgan fingerprint density at radius 3 is 2.35 bits per heavy atom. The molecule has 0 aromatic heterocycles. The van der Waals surface area contributed by atoms with E-state index in [9.17, 15) is 14.4 Å². The Morgan fingerprint density at radius 1 is 1.06 bits per heavy atom. The molecule has 2 rings (SSSR count). The van der Waals surface area contributed by atoms with Crippen LogP contribution in [0.25, 0.3) is 0 Å². The van der Waals surface area contributed by atoms with E-state index in [1.165, 1.54) is 21.3 Å². The number of hydrogen-bond acceptors (Lipinski definition) is 7. The second kappa shape index (κ2) is 10.5. The molecule has 0 radical (unpaired) electrons. The Hall–Kier alpha value is -2.77. The molecule has 2 unspecified atom stereocenters. The molecule has 1 amide bonds. The number of rotatable bonds is 6. The van der Waals surface area contributed by atoms with Gasteiger partial charge in [0.1, 0.15) is 11.4 Å². The Labute approximate surface area is 183 Å². The topological polar surface area (TPSA) is 91.4 Å². The van der Waals surface area contributed by atoms with Crippen molar-refractivity contribution in [1.82, 2.24) is 4.90 Å². The number of carbonyl (C=O) groups excluding carboxylic acids is 3. The first-order valence-corrected chi connectivity index (χ1v) is 10.4. The highest BCUT2D eigenvalue weighted by Gasteiger charge is 2.37. The van der Waals surface area contributed by atoms with Gasteiger partial charge in [-0.2, -0.15) is 0 Å². The highest BCUT2D eigenvalue weighted by atomic mass is 16.6. The van der Waals surface area contributed by atoms with Gasteiger partial charge < -0.3 is 23.8 Å². The first-order valence-electron chi connectivity index (χ1n) is 10.4. The molecule has 0 aliphatic carbocycles. The summed E-state index contributed by atoms with van der Waals surface area (Å²) in [5, 5.41) is 0. The standard InChI is InChI=1S/C23H33NO7/c1-23(2,3)31-22(27)24-14-16(20(25)29-5)8-11-17(24)10-7-15-9-12-18(28-4)13-19(15)21(26)30-6/h9,12-13,16-17H,7-8,10-11,14H2,1-6H3. The molecule has 1 saturated heterocycles. The summed E-state index contributed by atoms with van der Waals surface area (Å²) >= 11 is 0. The summed E-state index contributed by atoms with van der Waals surface area (Å²) in [6.45, 7) is 5.67. The number of benzene rings is 1. The van der Waals surface area contributed by atoms with E-state index >= 15 is 0 Å². The second-order valence-electron chi connectivity index (χ2n) is 8.64. The van der Waals surface area contributed by atoms with Gasteiger partial charge in [-0.1, -0.05) is 6.07 Å². The number of carbonyl (C=O) groups is 3. The van der Waals surface area contributed by atoms with Crippen LogP contribution in [0.2, 0.25) is 0 Å². The molecule has 172 valence electrons. The number of esters is 2. The average molecular weight is 436 g/mol. The maximum absolute atomic E-state index is 12.9. The number of amides is 1. The zero-order chi connectivity index (χ0) is 23.2. The fourth-order valence-corrected chi connectivity index (χ4v) is 3.75. The normalized spacial score (nSPS) is 18.8. The Bertz CT molecular complexity index is 800. The minimum atomic E-state index is -0.645. The van der Waals surface area contributed by atoms with Gasteiger partial charge >= 0.3 is 18.0 Å². The Balaban J connectivity index is 2.20. The van der Waals surface area contributed by atoms with E-state index in [0.29, 0.717) is 37.0 Å². The van der Waals surface area contributed by atoms with Crippen LogP contribution in [0.5, 0.6) is 5.75 Å². The fourth-order valence-electron chi connectivity index (χ4n) is 3.75. The molecule has 1 aliphatic rings. The fraction of sp³-hybridized carbons (Fsp3) is 0.609. The van der Waals surface area contributed by atoms with Crippen LogP contribution < -0.4 is 4.74 Å². The van der Waals surface area contributed by atoms with Crippen molar-refractivity contribution >= 4 is 18.0 Å². The maximum atomic E-state index is 12.9. The lowest BCUT2D eigenvalue weighted by atomic mass is 9.89. The minimum Gasteiger partial charge on any atom is -0.497 e. The van der Waals surface area contributed by atoms with Gasteiger partial charge in [0, 0.05) is 12.6 Å². The van der Waals surface area contributed by atoms with E-state index in [-0.39, 0.29) is 24.5 Å². The number of likely N-dealkylation sites (tertiary alicyclic amines) is 1. The minimum absolute atomic E-state index is 0.122. The van der Waals surface area contributed by atoms with Crippen molar-refractivity contribution in [1.29, 1.82) is 0 Å². The van der Waals surface area contributed by atoms with Crippen molar-refractivity contribution in [3.05, 3.63) is 29.3 Å². The molecule has 31 heavy (non-hydrogen) atoms. The van der Waals surface area contributed by atoms with Crippen molar-refractivity contribution in [3.63, 3.8) is 0 Å². The van der Waals surface area contributed by atoms with Crippen molar-refractivity contribution in [2.75, 3.05) is 27.9 Å². The molecular formula is C23H33NO7. The molecule has 0 saturated carbocycles. The second-order valence-corrected chi connectivity index (χ2v) is 8.64. The maximum Gasteiger partial charge on any atom is 0.410 e. The zero-order valence-corrected chi connectivity index (χ0v) is 19.2. The molecule has 8 nitrogen and oxygen atoms in total. The first kappa shape index (κ1) is 24.5. The number of hydrogen-bond donors (Lipinski definition) is 0. The van der Waals surface area contributed by atoms with Crippen molar-refractivity contribution in [3.8, 4) is 5.75 Å². The number of piperidine rings is 1. The molecule has 8 heteroatoms. The monoisotopic (exact) mass is 435 g/mol. The number of ether oxygens (including phenoxy) is 4. The molecule has 1 aromatic rings. The molecule has 1 fully saturated rings. The molecule has 0 bridgehead atoms. The molecule has 0 N–H and O–H groups in total. The summed E-state index contributed by atoms with van der Waals surface area (Å²) in [5.74, 6) is -0.569. The third-order valence-electron chi connectivity index (χ3n) is 5.34. The smallest absolute Gasteiger partial charge is 0.410 e. The lowest BCUT2D eigenvalue weighted by Crippen LogP contribution is -2.50. The lowest BCUT2D eigenvalue weighted by molar-refractivity contribution is -0.147. The third-order valence-corrected chi connectivity index (χ3v) is 5.34. The number of nitrogens with zero attached hydrogens (tertiary/aromatic N) is 1. The van der Waals surface area contributed by atoms with Crippen molar-refractivity contribution < 1.29 is 33.3 Å². The SMILES string of the molecule is COC(=O)c1cc(OC)ccc1CCC1CCC(C(=O)OC)CN1C(=O)OC(C)(C)C. The Kier molecular flexibility index (Phi) is 8.30. The largest absolute Gasteiger partial charge is 0.497 e. The van der Waals surface area contributed by atoms with Gasteiger partial charge in [-0.15, -0.1) is 0 Å². The van der Waals surface area contributed by atoms with Crippen LogP contribution >= 0.6 is 0 Å². The predicted molar refractivity (Wildman–Crippen MR) is 114 cm³/mol. The number of methoxy groups -OCH3 is 3. The van der Waals surface area contributed by atoms with Gasteiger partial charge in [-0.3, -0.25) is 4.79 Å². The highest BCUT2D eigenvalue weighted by Crippen LogP contribution is 2.29. The van der Waals surface area contributed by atoms with E-state index in [4.69, 9.17) is 18.9 Å². The molecule has 1 aliphatic heterocycles. The zero-order valence-electron chi connectivity index (χ0n) is 19.2. The lowest BCUT2D eigenvalue weighted by Gasteiger charge is -2.39. The van der Waals surface area contributed by atoms with E-state index in [0.717, 1.165) is 5.56 Å². The van der Waals surface area contributed by atoms with Gasteiger partial charge in [0.15, 0.2) is 0 Å². The van der Waals surface area contributed by atoms with E-state index < -0.39 is 17.7 Å². The molecular weight excluding hydrogens is 402 g/mol. The number of aryl methyl sites for hydroxylation is 1. The van der Waals surface area contributed by atoms with E-state index in [2.05, 4.69) is 0 Å². The van der Waals surface area contributed by atoms with Crippen LogP contribution in [0.1, 0.15) is 56.0 Å². The van der Waals surface area contributed by atoms with Crippen LogP contribution in [0.15, 0.2) is 18.2 Å². The van der Waals surface area contributed by atoms with Gasteiger partial charge in [0.05, 0.1) is 32.8 Å². The molecule has 1 heterocycles. The van der Waals surface area contributed by atoms with Gasteiger partial charge in [-0.25, -0.2) is 9.59 Å². The Morgan fingerprint density at radius 2 is 1.77 bits per heavy atom.